The number of carbonyl (C=O) groups excluding carboxylic acids is 2. The van der Waals surface area contributed by atoms with Crippen LogP contribution in [0.15, 0.2) is 53.0 Å². The number of ether oxygens (including phenoxy) is 1. The van der Waals surface area contributed by atoms with E-state index in [-0.39, 0.29) is 45.7 Å². The Morgan fingerprint density at radius 2 is 1.97 bits per heavy atom. The molecule has 0 saturated heterocycles. The summed E-state index contributed by atoms with van der Waals surface area (Å²) in [7, 11) is -3.62. The quantitative estimate of drug-likeness (QED) is 0.204. The number of hydrogen-bond acceptors (Lipinski definition) is 10. The molecule has 1 aromatic carbocycles. The molecule has 2 heterocycles. The van der Waals surface area contributed by atoms with Crippen LogP contribution in [0.2, 0.25) is 0 Å². The van der Waals surface area contributed by atoms with E-state index in [1.165, 1.54) is 12.1 Å². The molecule has 0 spiro atoms. The zero-order valence-corrected chi connectivity index (χ0v) is 22.6. The van der Waals surface area contributed by atoms with Crippen molar-refractivity contribution < 1.29 is 22.7 Å². The Balaban J connectivity index is 1.65. The van der Waals surface area contributed by atoms with Gasteiger partial charge in [0.2, 0.25) is 5.91 Å². The molecule has 10 nitrogen and oxygen atoms in total. The maximum atomic E-state index is 12.8. The molecule has 0 atom stereocenters. The highest BCUT2D eigenvalue weighted by Crippen LogP contribution is 2.25. The molecule has 1 N–H and O–H groups in total. The number of thiazole rings is 1. The minimum atomic E-state index is -3.62. The van der Waals surface area contributed by atoms with Gasteiger partial charge in [-0.05, 0) is 25.0 Å². The van der Waals surface area contributed by atoms with E-state index in [2.05, 4.69) is 27.1 Å². The number of benzene rings is 1. The standard InChI is InChI=1S/C23H27N5O5S3/c1-5-11-28-18(14-36(31,32)17-9-7-6-8-10-17)26-27-23(28)34-13-19(29)25-22-24-16(4)20(35-22)21(30)33-12-15(2)3/h5-10,15H,1,11-14H2,2-4H3,(H,24,25,29). The van der Waals surface area contributed by atoms with Crippen LogP contribution in [-0.2, 0) is 31.7 Å². The third-order valence-electron chi connectivity index (χ3n) is 4.64. The third kappa shape index (κ3) is 7.24. The molecule has 0 fully saturated rings. The highest BCUT2D eigenvalue weighted by atomic mass is 32.2. The number of amides is 1. The molecule has 3 rings (SSSR count). The first kappa shape index (κ1) is 27.6. The van der Waals surface area contributed by atoms with Crippen LogP contribution in [-0.4, -0.2) is 52.4 Å². The Bertz CT molecular complexity index is 1330. The molecule has 0 aliphatic heterocycles. The fourth-order valence-electron chi connectivity index (χ4n) is 2.96. The average molecular weight is 550 g/mol. The molecule has 3 aromatic rings. The lowest BCUT2D eigenvalue weighted by Gasteiger charge is -2.08. The van der Waals surface area contributed by atoms with E-state index < -0.39 is 15.8 Å². The fourth-order valence-corrected chi connectivity index (χ4v) is 5.89. The molecule has 1 amide bonds. The van der Waals surface area contributed by atoms with Crippen molar-refractivity contribution in [1.29, 1.82) is 0 Å². The second kappa shape index (κ2) is 12.3. The van der Waals surface area contributed by atoms with Crippen molar-refractivity contribution in [3.8, 4) is 0 Å². The largest absolute Gasteiger partial charge is 0.461 e. The van der Waals surface area contributed by atoms with Gasteiger partial charge in [0.25, 0.3) is 0 Å². The smallest absolute Gasteiger partial charge is 0.350 e. The van der Waals surface area contributed by atoms with Crippen LogP contribution in [0.25, 0.3) is 0 Å². The lowest BCUT2D eigenvalue weighted by Crippen LogP contribution is -2.15. The van der Waals surface area contributed by atoms with Crippen molar-refractivity contribution in [2.45, 2.75) is 43.1 Å². The van der Waals surface area contributed by atoms with Gasteiger partial charge in [-0.15, -0.1) is 16.8 Å². The Kier molecular flexibility index (Phi) is 9.40. The van der Waals surface area contributed by atoms with E-state index in [0.717, 1.165) is 23.1 Å². The molecule has 0 aliphatic rings. The van der Waals surface area contributed by atoms with E-state index in [1.54, 1.807) is 35.8 Å². The van der Waals surface area contributed by atoms with Crippen molar-refractivity contribution in [2.24, 2.45) is 5.92 Å². The number of nitrogens with one attached hydrogen (secondary N) is 1. The number of rotatable bonds is 12. The summed E-state index contributed by atoms with van der Waals surface area (Å²) in [6, 6.07) is 8.11. The van der Waals surface area contributed by atoms with Gasteiger partial charge in [-0.25, -0.2) is 18.2 Å². The molecular formula is C23H27N5O5S3. The van der Waals surface area contributed by atoms with Crippen LogP contribution in [0.5, 0.6) is 0 Å². The zero-order chi connectivity index (χ0) is 26.3. The molecule has 192 valence electrons. The summed E-state index contributed by atoms with van der Waals surface area (Å²) in [6.45, 7) is 9.85. The second-order valence-corrected chi connectivity index (χ2v) is 12.1. The van der Waals surface area contributed by atoms with Gasteiger partial charge in [-0.2, -0.15) is 0 Å². The van der Waals surface area contributed by atoms with Crippen molar-refractivity contribution >= 4 is 49.9 Å². The molecule has 0 unspecified atom stereocenters. The van der Waals surface area contributed by atoms with E-state index >= 15 is 0 Å². The number of thioether (sulfide) groups is 1. The SMILES string of the molecule is C=CCn1c(CS(=O)(=O)c2ccccc2)nnc1SCC(=O)Nc1nc(C)c(C(=O)OCC(C)C)s1. The van der Waals surface area contributed by atoms with Crippen molar-refractivity contribution in [1.82, 2.24) is 19.7 Å². The van der Waals surface area contributed by atoms with Gasteiger partial charge >= 0.3 is 5.97 Å². The molecule has 13 heteroatoms. The molecule has 0 bridgehead atoms. The number of nitrogens with zero attached hydrogens (tertiary/aromatic N) is 4. The normalized spacial score (nSPS) is 11.4. The predicted octanol–water partition coefficient (Wildman–Crippen LogP) is 3.75. The minimum absolute atomic E-state index is 0.0214. The summed E-state index contributed by atoms with van der Waals surface area (Å²) in [6.07, 6.45) is 1.60. The van der Waals surface area contributed by atoms with Gasteiger partial charge in [0.15, 0.2) is 20.1 Å². The molecule has 36 heavy (non-hydrogen) atoms. The Hall–Kier alpha value is -3.03. The summed E-state index contributed by atoms with van der Waals surface area (Å²) < 4.78 is 32.4. The van der Waals surface area contributed by atoms with Gasteiger partial charge < -0.3 is 14.6 Å². The second-order valence-electron chi connectivity index (χ2n) is 8.13. The van der Waals surface area contributed by atoms with Gasteiger partial charge in [-0.1, -0.05) is 61.2 Å². The Morgan fingerprint density at radius 3 is 2.64 bits per heavy atom. The highest BCUT2D eigenvalue weighted by Gasteiger charge is 2.22. The van der Waals surface area contributed by atoms with E-state index in [4.69, 9.17) is 4.74 Å². The van der Waals surface area contributed by atoms with Crippen molar-refractivity contribution in [3.63, 3.8) is 0 Å². The van der Waals surface area contributed by atoms with E-state index in [0.29, 0.717) is 22.3 Å². The number of aromatic nitrogens is 4. The third-order valence-corrected chi connectivity index (χ3v) is 8.28. The molecular weight excluding hydrogens is 522 g/mol. The molecule has 0 aliphatic carbocycles. The summed E-state index contributed by atoms with van der Waals surface area (Å²) >= 11 is 2.15. The summed E-state index contributed by atoms with van der Waals surface area (Å²) in [5.74, 6) is -0.723. The van der Waals surface area contributed by atoms with Crippen LogP contribution in [0.3, 0.4) is 0 Å². The maximum absolute atomic E-state index is 12.8. The topological polar surface area (TPSA) is 133 Å². The zero-order valence-electron chi connectivity index (χ0n) is 20.1. The van der Waals surface area contributed by atoms with Crippen LogP contribution < -0.4 is 5.32 Å². The first-order chi connectivity index (χ1) is 17.1. The fraction of sp³-hybridized carbons (Fsp3) is 0.348. The van der Waals surface area contributed by atoms with Crippen molar-refractivity contribution in [2.75, 3.05) is 17.7 Å². The Labute approximate surface area is 218 Å². The van der Waals surface area contributed by atoms with Gasteiger partial charge in [0.05, 0.1) is 22.9 Å². The molecule has 0 radical (unpaired) electrons. The summed E-state index contributed by atoms with van der Waals surface area (Å²) in [4.78, 5) is 29.5. The van der Waals surface area contributed by atoms with Gasteiger partial charge in [-0.3, -0.25) is 4.79 Å². The van der Waals surface area contributed by atoms with E-state index in [9.17, 15) is 18.0 Å². The molecule has 2 aromatic heterocycles. The van der Waals surface area contributed by atoms with E-state index in [1.807, 2.05) is 13.8 Å². The number of sulfone groups is 1. The molecule has 0 saturated carbocycles. The lowest BCUT2D eigenvalue weighted by atomic mass is 10.2. The van der Waals surface area contributed by atoms with Crippen LogP contribution in [0.1, 0.15) is 35.0 Å². The number of esters is 1. The number of anilines is 1. The first-order valence-corrected chi connectivity index (χ1v) is 14.4. The van der Waals surface area contributed by atoms with Gasteiger partial charge in [0.1, 0.15) is 16.5 Å². The van der Waals surface area contributed by atoms with Crippen molar-refractivity contribution in [3.05, 3.63) is 59.4 Å². The maximum Gasteiger partial charge on any atom is 0.350 e. The number of carbonyl (C=O) groups is 2. The summed E-state index contributed by atoms with van der Waals surface area (Å²) in [5, 5.41) is 11.5. The first-order valence-electron chi connectivity index (χ1n) is 11.0. The van der Waals surface area contributed by atoms with Crippen LogP contribution >= 0.6 is 23.1 Å². The number of aryl methyl sites for hydroxylation is 1. The van der Waals surface area contributed by atoms with Crippen LogP contribution in [0.4, 0.5) is 5.13 Å². The average Bonchev–Trinajstić information content (AvgIpc) is 3.39. The highest BCUT2D eigenvalue weighted by molar-refractivity contribution is 7.99. The predicted molar refractivity (Wildman–Crippen MR) is 139 cm³/mol. The summed E-state index contributed by atoms with van der Waals surface area (Å²) in [5.41, 5.74) is 0.478. The lowest BCUT2D eigenvalue weighted by molar-refractivity contribution is -0.113. The minimum Gasteiger partial charge on any atom is -0.461 e. The monoisotopic (exact) mass is 549 g/mol. The number of hydrogen-bond donors (Lipinski definition) is 1. The van der Waals surface area contributed by atoms with Gasteiger partial charge in [0, 0.05) is 6.54 Å². The Morgan fingerprint density at radius 1 is 1.25 bits per heavy atom. The van der Waals surface area contributed by atoms with Crippen LogP contribution in [0, 0.1) is 12.8 Å². The number of allylic oxidation sites excluding steroid dienone is 1.